The van der Waals surface area contributed by atoms with Gasteiger partial charge < -0.3 is 15.2 Å². The first kappa shape index (κ1) is 12.1. The van der Waals surface area contributed by atoms with E-state index >= 15 is 0 Å². The Morgan fingerprint density at radius 2 is 2.20 bits per heavy atom. The number of hydrogen-bond donors (Lipinski definition) is 1. The first-order valence-electron chi connectivity index (χ1n) is 4.69. The van der Waals surface area contributed by atoms with E-state index in [-0.39, 0.29) is 0 Å². The van der Waals surface area contributed by atoms with E-state index in [1.807, 2.05) is 24.3 Å². The molecule has 0 radical (unpaired) electrons. The Hall–Kier alpha value is -0.970. The molecular formula is C11H15NO2S. The Kier molecular flexibility index (Phi) is 5.25. The predicted octanol–water partition coefficient (Wildman–Crippen LogP) is 1.48. The van der Waals surface area contributed by atoms with E-state index in [9.17, 15) is 0 Å². The molecule has 0 bridgehead atoms. The molecule has 0 spiro atoms. The van der Waals surface area contributed by atoms with E-state index in [2.05, 4.69) is 0 Å². The standard InChI is InChI=1S/C11H15NO2S/c1-13-5-6-14-8-9-3-2-4-10(7-9)11(12)15/h2-4,7H,5-6,8H2,1H3,(H2,12,15). The van der Waals surface area contributed by atoms with E-state index in [4.69, 9.17) is 27.4 Å². The lowest BCUT2D eigenvalue weighted by Gasteiger charge is -2.05. The molecule has 0 aliphatic carbocycles. The summed E-state index contributed by atoms with van der Waals surface area (Å²) in [7, 11) is 1.65. The van der Waals surface area contributed by atoms with Crippen molar-refractivity contribution in [1.82, 2.24) is 0 Å². The van der Waals surface area contributed by atoms with Crippen LogP contribution in [0.5, 0.6) is 0 Å². The van der Waals surface area contributed by atoms with Crippen molar-refractivity contribution in [2.45, 2.75) is 6.61 Å². The van der Waals surface area contributed by atoms with Crippen molar-refractivity contribution >= 4 is 17.2 Å². The minimum Gasteiger partial charge on any atom is -0.389 e. The molecular weight excluding hydrogens is 210 g/mol. The monoisotopic (exact) mass is 225 g/mol. The maximum absolute atomic E-state index is 5.53. The number of benzene rings is 1. The lowest BCUT2D eigenvalue weighted by Crippen LogP contribution is -2.09. The molecule has 15 heavy (non-hydrogen) atoms. The number of hydrogen-bond acceptors (Lipinski definition) is 3. The SMILES string of the molecule is COCCOCc1cccc(C(N)=S)c1. The van der Waals surface area contributed by atoms with Gasteiger partial charge in [0.15, 0.2) is 0 Å². The van der Waals surface area contributed by atoms with Gasteiger partial charge in [0, 0.05) is 12.7 Å². The molecule has 4 heteroatoms. The number of nitrogens with two attached hydrogens (primary N) is 1. The summed E-state index contributed by atoms with van der Waals surface area (Å²) in [6.45, 7) is 1.75. The van der Waals surface area contributed by atoms with Crippen LogP contribution in [0.2, 0.25) is 0 Å². The highest BCUT2D eigenvalue weighted by atomic mass is 32.1. The van der Waals surface area contributed by atoms with Gasteiger partial charge in [-0.05, 0) is 11.6 Å². The van der Waals surface area contributed by atoms with Crippen LogP contribution in [0.4, 0.5) is 0 Å². The quantitative estimate of drug-likeness (QED) is 0.588. The number of rotatable bonds is 6. The van der Waals surface area contributed by atoms with E-state index in [1.54, 1.807) is 7.11 Å². The van der Waals surface area contributed by atoms with Crippen molar-refractivity contribution in [3.8, 4) is 0 Å². The molecule has 0 saturated carbocycles. The third-order valence-electron chi connectivity index (χ3n) is 1.91. The fraction of sp³-hybridized carbons (Fsp3) is 0.364. The van der Waals surface area contributed by atoms with Gasteiger partial charge in [-0.3, -0.25) is 0 Å². The molecule has 0 amide bonds. The van der Waals surface area contributed by atoms with Crippen molar-refractivity contribution in [3.05, 3.63) is 35.4 Å². The smallest absolute Gasteiger partial charge is 0.103 e. The van der Waals surface area contributed by atoms with Crippen molar-refractivity contribution < 1.29 is 9.47 Å². The fourth-order valence-electron chi connectivity index (χ4n) is 1.15. The Morgan fingerprint density at radius 3 is 2.87 bits per heavy atom. The Bertz CT molecular complexity index is 328. The van der Waals surface area contributed by atoms with Gasteiger partial charge in [0.1, 0.15) is 4.99 Å². The summed E-state index contributed by atoms with van der Waals surface area (Å²) in [5.74, 6) is 0. The lowest BCUT2D eigenvalue weighted by atomic mass is 10.1. The molecule has 0 aliphatic rings. The lowest BCUT2D eigenvalue weighted by molar-refractivity contribution is 0.0616. The maximum Gasteiger partial charge on any atom is 0.103 e. The maximum atomic E-state index is 5.53. The van der Waals surface area contributed by atoms with Crippen LogP contribution in [-0.2, 0) is 16.1 Å². The van der Waals surface area contributed by atoms with Crippen molar-refractivity contribution in [2.24, 2.45) is 5.73 Å². The summed E-state index contributed by atoms with van der Waals surface area (Å²) in [4.78, 5) is 0.411. The van der Waals surface area contributed by atoms with E-state index in [1.165, 1.54) is 0 Å². The summed E-state index contributed by atoms with van der Waals surface area (Å²) < 4.78 is 10.3. The predicted molar refractivity (Wildman–Crippen MR) is 63.9 cm³/mol. The minimum absolute atomic E-state index is 0.411. The van der Waals surface area contributed by atoms with Crippen LogP contribution in [0.15, 0.2) is 24.3 Å². The summed E-state index contributed by atoms with van der Waals surface area (Å²) in [5.41, 5.74) is 7.47. The van der Waals surface area contributed by atoms with Crippen LogP contribution in [0.25, 0.3) is 0 Å². The number of ether oxygens (including phenoxy) is 2. The molecule has 0 heterocycles. The highest BCUT2D eigenvalue weighted by molar-refractivity contribution is 7.80. The molecule has 0 saturated heterocycles. The summed E-state index contributed by atoms with van der Waals surface area (Å²) in [5, 5.41) is 0. The highest BCUT2D eigenvalue weighted by Crippen LogP contribution is 2.06. The van der Waals surface area contributed by atoms with Crippen LogP contribution in [-0.4, -0.2) is 25.3 Å². The summed E-state index contributed by atoms with van der Waals surface area (Å²) in [6, 6.07) is 7.73. The van der Waals surface area contributed by atoms with Crippen LogP contribution < -0.4 is 5.73 Å². The highest BCUT2D eigenvalue weighted by Gasteiger charge is 1.98. The Morgan fingerprint density at radius 1 is 1.40 bits per heavy atom. The molecule has 1 aromatic carbocycles. The molecule has 0 unspecified atom stereocenters. The normalized spacial score (nSPS) is 10.2. The largest absolute Gasteiger partial charge is 0.389 e. The summed E-state index contributed by atoms with van der Waals surface area (Å²) >= 11 is 4.89. The van der Waals surface area contributed by atoms with Gasteiger partial charge in [-0.25, -0.2) is 0 Å². The zero-order valence-electron chi connectivity index (χ0n) is 8.73. The molecule has 1 rings (SSSR count). The number of methoxy groups -OCH3 is 1. The van der Waals surface area contributed by atoms with Gasteiger partial charge in [0.05, 0.1) is 19.8 Å². The Balaban J connectivity index is 2.47. The first-order valence-corrected chi connectivity index (χ1v) is 5.10. The van der Waals surface area contributed by atoms with Crippen LogP contribution in [0.1, 0.15) is 11.1 Å². The van der Waals surface area contributed by atoms with Crippen molar-refractivity contribution in [1.29, 1.82) is 0 Å². The Labute approximate surface area is 95.2 Å². The molecule has 2 N–H and O–H groups in total. The second kappa shape index (κ2) is 6.50. The zero-order chi connectivity index (χ0) is 11.1. The van der Waals surface area contributed by atoms with Gasteiger partial charge in [-0.2, -0.15) is 0 Å². The van der Waals surface area contributed by atoms with E-state index in [0.29, 0.717) is 24.8 Å². The van der Waals surface area contributed by atoms with Crippen molar-refractivity contribution in [2.75, 3.05) is 20.3 Å². The van der Waals surface area contributed by atoms with Gasteiger partial charge in [-0.15, -0.1) is 0 Å². The zero-order valence-corrected chi connectivity index (χ0v) is 9.55. The van der Waals surface area contributed by atoms with Crippen molar-refractivity contribution in [3.63, 3.8) is 0 Å². The van der Waals surface area contributed by atoms with Crippen LogP contribution >= 0.6 is 12.2 Å². The van der Waals surface area contributed by atoms with Gasteiger partial charge >= 0.3 is 0 Å². The van der Waals surface area contributed by atoms with Gasteiger partial charge in [-0.1, -0.05) is 30.4 Å². The summed E-state index contributed by atoms with van der Waals surface area (Å²) in [6.07, 6.45) is 0. The van der Waals surface area contributed by atoms with E-state index in [0.717, 1.165) is 11.1 Å². The molecule has 3 nitrogen and oxygen atoms in total. The molecule has 0 aromatic heterocycles. The molecule has 1 aromatic rings. The topological polar surface area (TPSA) is 44.5 Å². The third-order valence-corrected chi connectivity index (χ3v) is 2.15. The first-order chi connectivity index (χ1) is 7.24. The van der Waals surface area contributed by atoms with Crippen LogP contribution in [0, 0.1) is 0 Å². The van der Waals surface area contributed by atoms with Gasteiger partial charge in [0.25, 0.3) is 0 Å². The number of thiocarbonyl (C=S) groups is 1. The second-order valence-electron chi connectivity index (χ2n) is 3.11. The minimum atomic E-state index is 0.411. The molecule has 0 fully saturated rings. The average Bonchev–Trinajstić information content (AvgIpc) is 2.25. The third kappa shape index (κ3) is 4.38. The molecule has 0 aliphatic heterocycles. The molecule has 82 valence electrons. The van der Waals surface area contributed by atoms with E-state index < -0.39 is 0 Å². The fourth-order valence-corrected chi connectivity index (χ4v) is 1.27. The van der Waals surface area contributed by atoms with Gasteiger partial charge in [0.2, 0.25) is 0 Å². The molecule has 0 atom stereocenters. The average molecular weight is 225 g/mol. The van der Waals surface area contributed by atoms with Crippen LogP contribution in [0.3, 0.4) is 0 Å². The second-order valence-corrected chi connectivity index (χ2v) is 3.55.